The molecule has 0 bridgehead atoms. The standard InChI is InChI=1S/C26H18FN3O2S/c27-19-10-12-20(13-11-19)30-25(32)22(24(31)28-26(30)33)14-18-16-29(15-17-6-2-1-3-7-17)23-9-5-4-8-21(18)23/h1-14,16H,15H2,(H,28,31,33)/b22-14-. The zero-order valence-electron chi connectivity index (χ0n) is 17.4. The Bertz CT molecular complexity index is 1430. The summed E-state index contributed by atoms with van der Waals surface area (Å²) in [4.78, 5) is 27.2. The van der Waals surface area contributed by atoms with Crippen LogP contribution in [0.1, 0.15) is 11.1 Å². The molecule has 5 rings (SSSR count). The molecule has 3 aromatic carbocycles. The second-order valence-electron chi connectivity index (χ2n) is 7.65. The summed E-state index contributed by atoms with van der Waals surface area (Å²) in [5, 5.41) is 3.44. The van der Waals surface area contributed by atoms with Gasteiger partial charge in [-0.2, -0.15) is 0 Å². The molecule has 1 aromatic heterocycles. The molecule has 1 N–H and O–H groups in total. The monoisotopic (exact) mass is 455 g/mol. The number of amides is 2. The Morgan fingerprint density at radius 2 is 1.61 bits per heavy atom. The van der Waals surface area contributed by atoms with Crippen LogP contribution < -0.4 is 10.2 Å². The number of halogens is 1. The molecule has 4 aromatic rings. The molecular formula is C26H18FN3O2S. The van der Waals surface area contributed by atoms with Crippen molar-refractivity contribution in [1.82, 2.24) is 9.88 Å². The number of fused-ring (bicyclic) bond motifs is 1. The van der Waals surface area contributed by atoms with Gasteiger partial charge in [0.15, 0.2) is 5.11 Å². The van der Waals surface area contributed by atoms with Crippen molar-refractivity contribution >= 4 is 51.8 Å². The van der Waals surface area contributed by atoms with Crippen LogP contribution in [0.2, 0.25) is 0 Å². The van der Waals surface area contributed by atoms with E-state index in [4.69, 9.17) is 12.2 Å². The van der Waals surface area contributed by atoms with Crippen molar-refractivity contribution < 1.29 is 14.0 Å². The Balaban J connectivity index is 1.57. The minimum Gasteiger partial charge on any atom is -0.342 e. The average Bonchev–Trinajstić information content (AvgIpc) is 3.16. The fourth-order valence-electron chi connectivity index (χ4n) is 3.94. The van der Waals surface area contributed by atoms with Crippen LogP contribution in [0.15, 0.2) is 90.6 Å². The summed E-state index contributed by atoms with van der Waals surface area (Å²) in [5.74, 6) is -1.56. The summed E-state index contributed by atoms with van der Waals surface area (Å²) in [6.07, 6.45) is 3.51. The maximum atomic E-state index is 13.4. The topological polar surface area (TPSA) is 54.3 Å². The third kappa shape index (κ3) is 3.94. The normalized spacial score (nSPS) is 15.4. The van der Waals surface area contributed by atoms with E-state index >= 15 is 0 Å². The number of nitrogens with zero attached hydrogens (tertiary/aromatic N) is 2. The first kappa shape index (κ1) is 20.8. The molecule has 0 radical (unpaired) electrons. The third-order valence-corrected chi connectivity index (χ3v) is 5.79. The minimum atomic E-state index is -0.566. The maximum Gasteiger partial charge on any atom is 0.270 e. The molecule has 2 amide bonds. The summed E-state index contributed by atoms with van der Waals surface area (Å²) in [6, 6.07) is 23.2. The Labute approximate surface area is 194 Å². The molecule has 33 heavy (non-hydrogen) atoms. The van der Waals surface area contributed by atoms with Crippen molar-refractivity contribution in [2.24, 2.45) is 0 Å². The molecule has 5 nitrogen and oxygen atoms in total. The van der Waals surface area contributed by atoms with Gasteiger partial charge in [0.2, 0.25) is 0 Å². The van der Waals surface area contributed by atoms with Crippen LogP contribution in [-0.2, 0) is 16.1 Å². The van der Waals surface area contributed by atoms with Crippen LogP contribution in [0.5, 0.6) is 0 Å². The van der Waals surface area contributed by atoms with Gasteiger partial charge >= 0.3 is 0 Å². The van der Waals surface area contributed by atoms with Crippen molar-refractivity contribution in [2.45, 2.75) is 6.54 Å². The molecule has 7 heteroatoms. The molecule has 1 aliphatic rings. The van der Waals surface area contributed by atoms with E-state index in [1.807, 2.05) is 60.8 Å². The summed E-state index contributed by atoms with van der Waals surface area (Å²) in [6.45, 7) is 0.649. The smallest absolute Gasteiger partial charge is 0.270 e. The second kappa shape index (κ2) is 8.44. The lowest BCUT2D eigenvalue weighted by Crippen LogP contribution is -2.54. The summed E-state index contributed by atoms with van der Waals surface area (Å²) in [5.41, 5.74) is 3.20. The van der Waals surface area contributed by atoms with E-state index < -0.39 is 17.6 Å². The highest BCUT2D eigenvalue weighted by Crippen LogP contribution is 2.27. The third-order valence-electron chi connectivity index (χ3n) is 5.50. The van der Waals surface area contributed by atoms with Crippen LogP contribution in [0, 0.1) is 5.82 Å². The number of carbonyl (C=O) groups is 2. The lowest BCUT2D eigenvalue weighted by molar-refractivity contribution is -0.122. The SMILES string of the molecule is O=C1NC(=S)N(c2ccc(F)cc2)C(=O)/C1=C\c1cn(Cc2ccccc2)c2ccccc12. The molecule has 2 heterocycles. The van der Waals surface area contributed by atoms with Crippen LogP contribution in [0.4, 0.5) is 10.1 Å². The highest BCUT2D eigenvalue weighted by atomic mass is 32.1. The minimum absolute atomic E-state index is 0.0414. The van der Waals surface area contributed by atoms with Crippen molar-refractivity contribution in [2.75, 3.05) is 4.90 Å². The highest BCUT2D eigenvalue weighted by molar-refractivity contribution is 7.80. The molecule has 0 saturated carbocycles. The number of nitrogens with one attached hydrogen (secondary N) is 1. The molecule has 0 unspecified atom stereocenters. The number of anilines is 1. The largest absolute Gasteiger partial charge is 0.342 e. The van der Waals surface area contributed by atoms with Gasteiger partial charge in [-0.25, -0.2) is 4.39 Å². The summed E-state index contributed by atoms with van der Waals surface area (Å²) < 4.78 is 15.4. The molecule has 1 aliphatic heterocycles. The first-order chi connectivity index (χ1) is 16.0. The van der Waals surface area contributed by atoms with E-state index in [0.29, 0.717) is 12.2 Å². The number of hydrogen-bond acceptors (Lipinski definition) is 3. The molecule has 162 valence electrons. The Morgan fingerprint density at radius 3 is 2.36 bits per heavy atom. The second-order valence-corrected chi connectivity index (χ2v) is 8.04. The number of benzene rings is 3. The fraction of sp³-hybridized carbons (Fsp3) is 0.0385. The number of para-hydroxylation sites is 1. The number of hydrogen-bond donors (Lipinski definition) is 1. The average molecular weight is 456 g/mol. The number of thiocarbonyl (C=S) groups is 1. The molecule has 0 atom stereocenters. The molecular weight excluding hydrogens is 437 g/mol. The van der Waals surface area contributed by atoms with E-state index in [2.05, 4.69) is 9.88 Å². The Morgan fingerprint density at radius 1 is 0.909 bits per heavy atom. The number of rotatable bonds is 4. The summed E-state index contributed by atoms with van der Waals surface area (Å²) in [7, 11) is 0. The van der Waals surface area contributed by atoms with Crippen molar-refractivity contribution in [3.05, 3.63) is 108 Å². The zero-order chi connectivity index (χ0) is 22.9. The Kier molecular flexibility index (Phi) is 5.32. The number of aromatic nitrogens is 1. The molecule has 0 aliphatic carbocycles. The predicted molar refractivity (Wildman–Crippen MR) is 130 cm³/mol. The van der Waals surface area contributed by atoms with Crippen molar-refractivity contribution in [3.63, 3.8) is 0 Å². The zero-order valence-corrected chi connectivity index (χ0v) is 18.2. The molecule has 1 saturated heterocycles. The van der Waals surface area contributed by atoms with Gasteiger partial charge in [0, 0.05) is 29.2 Å². The fourth-order valence-corrected chi connectivity index (χ4v) is 4.22. The van der Waals surface area contributed by atoms with Gasteiger partial charge in [-0.05, 0) is 54.2 Å². The highest BCUT2D eigenvalue weighted by Gasteiger charge is 2.34. The van der Waals surface area contributed by atoms with Gasteiger partial charge in [-0.15, -0.1) is 0 Å². The van der Waals surface area contributed by atoms with Crippen LogP contribution in [-0.4, -0.2) is 21.5 Å². The first-order valence-electron chi connectivity index (χ1n) is 10.3. The van der Waals surface area contributed by atoms with Gasteiger partial charge in [0.1, 0.15) is 11.4 Å². The van der Waals surface area contributed by atoms with Crippen LogP contribution >= 0.6 is 12.2 Å². The number of carbonyl (C=O) groups excluding carboxylic acids is 2. The van der Waals surface area contributed by atoms with Gasteiger partial charge < -0.3 is 4.57 Å². The van der Waals surface area contributed by atoms with Gasteiger partial charge in [-0.3, -0.25) is 19.8 Å². The molecule has 1 fully saturated rings. The van der Waals surface area contributed by atoms with E-state index in [-0.39, 0.29) is 10.7 Å². The van der Waals surface area contributed by atoms with Gasteiger partial charge in [0.05, 0.1) is 5.69 Å². The quantitative estimate of drug-likeness (QED) is 0.277. The first-order valence-corrected chi connectivity index (χ1v) is 10.7. The molecule has 0 spiro atoms. The van der Waals surface area contributed by atoms with Crippen molar-refractivity contribution in [3.8, 4) is 0 Å². The van der Waals surface area contributed by atoms with E-state index in [0.717, 1.165) is 22.0 Å². The lowest BCUT2D eigenvalue weighted by atomic mass is 10.1. The van der Waals surface area contributed by atoms with E-state index in [9.17, 15) is 14.0 Å². The van der Waals surface area contributed by atoms with Gasteiger partial charge in [-0.1, -0.05) is 48.5 Å². The van der Waals surface area contributed by atoms with E-state index in [1.54, 1.807) is 6.08 Å². The van der Waals surface area contributed by atoms with Crippen LogP contribution in [0.3, 0.4) is 0 Å². The Hall–Kier alpha value is -4.10. The maximum absolute atomic E-state index is 13.4. The summed E-state index contributed by atoms with van der Waals surface area (Å²) >= 11 is 5.22. The van der Waals surface area contributed by atoms with Gasteiger partial charge in [0.25, 0.3) is 11.8 Å². The lowest BCUT2D eigenvalue weighted by Gasteiger charge is -2.28. The predicted octanol–water partition coefficient (Wildman–Crippen LogP) is 4.66. The van der Waals surface area contributed by atoms with E-state index in [1.165, 1.54) is 29.2 Å². The van der Waals surface area contributed by atoms with Crippen molar-refractivity contribution in [1.29, 1.82) is 0 Å². The van der Waals surface area contributed by atoms with Crippen LogP contribution in [0.25, 0.3) is 17.0 Å².